The molecule has 0 unspecified atom stereocenters. The van der Waals surface area contributed by atoms with Gasteiger partial charge in [-0.1, -0.05) is 0 Å². The Morgan fingerprint density at radius 3 is 2.62 bits per heavy atom. The van der Waals surface area contributed by atoms with Gasteiger partial charge in [0, 0.05) is 46.0 Å². The van der Waals surface area contributed by atoms with Crippen molar-refractivity contribution in [1.29, 1.82) is 0 Å². The minimum atomic E-state index is -0.159. The quantitative estimate of drug-likeness (QED) is 0.833. The highest BCUT2D eigenvalue weighted by atomic mass is 16.2. The Bertz CT molecular complexity index is 768. The zero-order valence-corrected chi connectivity index (χ0v) is 14.6. The van der Waals surface area contributed by atoms with Gasteiger partial charge >= 0.3 is 0 Å². The molecule has 2 aromatic heterocycles. The Morgan fingerprint density at radius 1 is 1.21 bits per heavy atom. The summed E-state index contributed by atoms with van der Waals surface area (Å²) in [6, 6.07) is 4.08. The number of anilines is 1. The van der Waals surface area contributed by atoms with E-state index in [-0.39, 0.29) is 11.4 Å². The van der Waals surface area contributed by atoms with Gasteiger partial charge in [0.2, 0.25) is 5.91 Å². The first kappa shape index (κ1) is 15.4. The third-order valence-corrected chi connectivity index (χ3v) is 5.40. The fourth-order valence-corrected chi connectivity index (χ4v) is 3.97. The molecule has 7 heteroatoms. The van der Waals surface area contributed by atoms with Crippen molar-refractivity contribution >= 4 is 11.7 Å². The summed E-state index contributed by atoms with van der Waals surface area (Å²) in [4.78, 5) is 16.6. The number of hydrogen-bond donors (Lipinski definition) is 0. The van der Waals surface area contributed by atoms with E-state index in [1.807, 2.05) is 38.0 Å². The minimum Gasteiger partial charge on any atom is -0.300 e. The molecule has 1 saturated heterocycles. The highest BCUT2D eigenvalue weighted by molar-refractivity contribution is 5.94. The molecule has 2 aliphatic rings. The zero-order chi connectivity index (χ0) is 16.9. The predicted octanol–water partition coefficient (Wildman–Crippen LogP) is 1.28. The number of hydrogen-bond acceptors (Lipinski definition) is 4. The van der Waals surface area contributed by atoms with E-state index < -0.39 is 0 Å². The van der Waals surface area contributed by atoms with Crippen LogP contribution in [-0.2, 0) is 23.9 Å². The first-order chi connectivity index (χ1) is 11.5. The van der Waals surface area contributed by atoms with Crippen LogP contribution in [0.5, 0.6) is 0 Å². The van der Waals surface area contributed by atoms with E-state index in [2.05, 4.69) is 20.7 Å². The van der Waals surface area contributed by atoms with Crippen LogP contribution in [0.3, 0.4) is 0 Å². The van der Waals surface area contributed by atoms with E-state index in [1.54, 1.807) is 4.90 Å². The largest absolute Gasteiger partial charge is 0.300 e. The Morgan fingerprint density at radius 2 is 1.96 bits per heavy atom. The molecule has 128 valence electrons. The van der Waals surface area contributed by atoms with E-state index in [0.29, 0.717) is 6.42 Å². The van der Waals surface area contributed by atoms with Crippen molar-refractivity contribution in [1.82, 2.24) is 24.5 Å². The molecule has 1 spiro atoms. The van der Waals surface area contributed by atoms with Gasteiger partial charge in [0.05, 0.1) is 23.3 Å². The van der Waals surface area contributed by atoms with Gasteiger partial charge in [-0.05, 0) is 25.8 Å². The second kappa shape index (κ2) is 5.44. The number of aryl methyl sites for hydroxylation is 2. The van der Waals surface area contributed by atoms with Gasteiger partial charge in [-0.3, -0.25) is 14.4 Å². The molecule has 0 bridgehead atoms. The number of carbonyl (C=O) groups is 1. The smallest absolute Gasteiger partial charge is 0.230 e. The molecule has 1 amide bonds. The zero-order valence-electron chi connectivity index (χ0n) is 14.6. The molecule has 2 aliphatic heterocycles. The van der Waals surface area contributed by atoms with Crippen LogP contribution < -0.4 is 4.90 Å². The molecule has 0 radical (unpaired) electrons. The van der Waals surface area contributed by atoms with Crippen molar-refractivity contribution < 1.29 is 4.79 Å². The van der Waals surface area contributed by atoms with Crippen molar-refractivity contribution in [3.63, 3.8) is 0 Å². The van der Waals surface area contributed by atoms with Gasteiger partial charge in [-0.15, -0.1) is 0 Å². The summed E-state index contributed by atoms with van der Waals surface area (Å²) in [6.07, 6.45) is 4.44. The molecule has 4 heterocycles. The maximum Gasteiger partial charge on any atom is 0.230 e. The number of piperidine rings is 1. The normalized spacial score (nSPS) is 20.6. The molecule has 24 heavy (non-hydrogen) atoms. The number of nitrogens with zero attached hydrogens (tertiary/aromatic N) is 6. The van der Waals surface area contributed by atoms with E-state index in [1.165, 1.54) is 0 Å². The summed E-state index contributed by atoms with van der Waals surface area (Å²) in [6.45, 7) is 4.79. The highest BCUT2D eigenvalue weighted by Crippen LogP contribution is 2.41. The molecular formula is C17H24N6O. The van der Waals surface area contributed by atoms with Crippen LogP contribution in [0, 0.1) is 6.92 Å². The Labute approximate surface area is 141 Å². The van der Waals surface area contributed by atoms with Crippen LogP contribution in [0.1, 0.15) is 30.7 Å². The van der Waals surface area contributed by atoms with Gasteiger partial charge in [0.1, 0.15) is 5.82 Å². The lowest BCUT2D eigenvalue weighted by Crippen LogP contribution is -2.53. The van der Waals surface area contributed by atoms with Crippen LogP contribution in [-0.4, -0.2) is 50.5 Å². The third-order valence-electron chi connectivity index (χ3n) is 5.40. The first-order valence-electron chi connectivity index (χ1n) is 8.51. The lowest BCUT2D eigenvalue weighted by molar-refractivity contribution is -0.122. The first-order valence-corrected chi connectivity index (χ1v) is 8.51. The highest BCUT2D eigenvalue weighted by Gasteiger charge is 2.45. The van der Waals surface area contributed by atoms with Crippen molar-refractivity contribution in [2.75, 3.05) is 25.0 Å². The Balaban J connectivity index is 1.53. The summed E-state index contributed by atoms with van der Waals surface area (Å²) in [5.41, 5.74) is 1.92. The molecule has 0 atom stereocenters. The third kappa shape index (κ3) is 2.43. The summed E-state index contributed by atoms with van der Waals surface area (Å²) >= 11 is 0. The fraction of sp³-hybridized carbons (Fsp3) is 0.588. The molecule has 2 aromatic rings. The molecule has 7 nitrogen and oxygen atoms in total. The van der Waals surface area contributed by atoms with Crippen molar-refractivity contribution in [2.24, 2.45) is 7.05 Å². The van der Waals surface area contributed by atoms with E-state index >= 15 is 0 Å². The predicted molar refractivity (Wildman–Crippen MR) is 90.7 cm³/mol. The van der Waals surface area contributed by atoms with Crippen LogP contribution in [0.15, 0.2) is 18.3 Å². The second-order valence-electron chi connectivity index (χ2n) is 7.17. The fourth-order valence-electron chi connectivity index (χ4n) is 3.97. The molecule has 1 fully saturated rings. The number of rotatable bonds is 2. The number of carbonyl (C=O) groups excluding carboxylic acids is 1. The van der Waals surface area contributed by atoms with Gasteiger partial charge in [-0.2, -0.15) is 10.2 Å². The van der Waals surface area contributed by atoms with E-state index in [9.17, 15) is 4.79 Å². The summed E-state index contributed by atoms with van der Waals surface area (Å²) in [7, 11) is 3.79. The Kier molecular flexibility index (Phi) is 3.49. The van der Waals surface area contributed by atoms with Crippen LogP contribution in [0.4, 0.5) is 5.82 Å². The number of likely N-dealkylation sites (tertiary alicyclic amines) is 1. The lowest BCUT2D eigenvalue weighted by atomic mass is 9.82. The van der Waals surface area contributed by atoms with Crippen molar-refractivity contribution in [3.05, 3.63) is 29.7 Å². The Hall–Kier alpha value is -2.15. The average Bonchev–Trinajstić information content (AvgIpc) is 3.14. The average molecular weight is 328 g/mol. The monoisotopic (exact) mass is 328 g/mol. The van der Waals surface area contributed by atoms with Crippen LogP contribution in [0.25, 0.3) is 0 Å². The van der Waals surface area contributed by atoms with Crippen LogP contribution in [0.2, 0.25) is 0 Å². The summed E-state index contributed by atoms with van der Waals surface area (Å²) < 4.78 is 3.96. The number of amides is 1. The molecule has 0 aromatic carbocycles. The van der Waals surface area contributed by atoms with E-state index in [0.717, 1.165) is 49.7 Å². The molecule has 0 N–H and O–H groups in total. The SMILES string of the molecule is Cc1cc2n(n1)C1(CCN(Cc3ccn(C)n3)CC1)CC(=O)N2C. The van der Waals surface area contributed by atoms with E-state index in [4.69, 9.17) is 5.10 Å². The van der Waals surface area contributed by atoms with Gasteiger partial charge in [0.25, 0.3) is 0 Å². The van der Waals surface area contributed by atoms with Crippen molar-refractivity contribution in [3.8, 4) is 0 Å². The lowest BCUT2D eigenvalue weighted by Gasteiger charge is -2.45. The number of aromatic nitrogens is 4. The van der Waals surface area contributed by atoms with Gasteiger partial charge in [0.15, 0.2) is 0 Å². The summed E-state index contributed by atoms with van der Waals surface area (Å²) in [5.74, 6) is 1.13. The maximum atomic E-state index is 12.5. The number of fused-ring (bicyclic) bond motifs is 2. The standard InChI is InChI=1S/C17H24N6O/c1-13-10-15-21(3)16(24)11-17(23(15)18-13)5-8-22(9-6-17)12-14-4-7-20(2)19-14/h4,7,10H,5-6,8-9,11-12H2,1-3H3. The van der Waals surface area contributed by atoms with Gasteiger partial charge in [-0.25, -0.2) is 4.68 Å². The van der Waals surface area contributed by atoms with Crippen LogP contribution >= 0.6 is 0 Å². The summed E-state index contributed by atoms with van der Waals surface area (Å²) in [5, 5.41) is 9.18. The molecule has 4 rings (SSSR count). The maximum absolute atomic E-state index is 12.5. The molecular weight excluding hydrogens is 304 g/mol. The van der Waals surface area contributed by atoms with Gasteiger partial charge < -0.3 is 4.90 Å². The second-order valence-corrected chi connectivity index (χ2v) is 7.17. The molecule has 0 saturated carbocycles. The molecule has 0 aliphatic carbocycles. The minimum absolute atomic E-state index is 0.159. The van der Waals surface area contributed by atoms with Crippen molar-refractivity contribution in [2.45, 2.75) is 38.3 Å². The topological polar surface area (TPSA) is 59.2 Å².